The van der Waals surface area contributed by atoms with Crippen molar-refractivity contribution in [3.8, 4) is 6.07 Å². The SMILES string of the molecule is CCC1CCCC(C#N)(C(O)c2cccc(C3CC3)c2)C1. The van der Waals surface area contributed by atoms with Gasteiger partial charge in [-0.05, 0) is 48.6 Å². The average Bonchev–Trinajstić information content (AvgIpc) is 3.39. The molecule has 0 aliphatic heterocycles. The molecule has 0 spiro atoms. The van der Waals surface area contributed by atoms with Gasteiger partial charge in [0, 0.05) is 0 Å². The zero-order valence-electron chi connectivity index (χ0n) is 12.9. The van der Waals surface area contributed by atoms with Crippen molar-refractivity contribution < 1.29 is 5.11 Å². The van der Waals surface area contributed by atoms with E-state index in [1.165, 1.54) is 24.8 Å². The molecule has 112 valence electrons. The number of hydrogen-bond acceptors (Lipinski definition) is 2. The molecular formula is C19H25NO. The van der Waals surface area contributed by atoms with Crippen LogP contribution in [-0.4, -0.2) is 5.11 Å². The van der Waals surface area contributed by atoms with E-state index in [0.29, 0.717) is 11.8 Å². The van der Waals surface area contributed by atoms with E-state index in [1.54, 1.807) is 0 Å². The van der Waals surface area contributed by atoms with Gasteiger partial charge in [0.2, 0.25) is 0 Å². The van der Waals surface area contributed by atoms with Crippen molar-refractivity contribution in [2.75, 3.05) is 0 Å². The van der Waals surface area contributed by atoms with Crippen LogP contribution in [0.25, 0.3) is 0 Å². The van der Waals surface area contributed by atoms with E-state index >= 15 is 0 Å². The highest BCUT2D eigenvalue weighted by Crippen LogP contribution is 2.49. The van der Waals surface area contributed by atoms with E-state index < -0.39 is 11.5 Å². The predicted octanol–water partition coefficient (Wildman–Crippen LogP) is 4.71. The lowest BCUT2D eigenvalue weighted by atomic mass is 9.65. The maximum Gasteiger partial charge on any atom is 0.0976 e. The summed E-state index contributed by atoms with van der Waals surface area (Å²) in [6, 6.07) is 10.8. The summed E-state index contributed by atoms with van der Waals surface area (Å²) in [4.78, 5) is 0. The number of nitriles is 1. The molecule has 3 unspecified atom stereocenters. The second kappa shape index (κ2) is 5.81. The maximum atomic E-state index is 10.9. The first-order valence-corrected chi connectivity index (χ1v) is 8.37. The van der Waals surface area contributed by atoms with Gasteiger partial charge in [-0.3, -0.25) is 0 Å². The van der Waals surface area contributed by atoms with Crippen molar-refractivity contribution in [2.24, 2.45) is 11.3 Å². The molecule has 2 heteroatoms. The Labute approximate surface area is 127 Å². The summed E-state index contributed by atoms with van der Waals surface area (Å²) < 4.78 is 0. The third kappa shape index (κ3) is 2.85. The molecule has 0 saturated heterocycles. The average molecular weight is 283 g/mol. The number of hydrogen-bond donors (Lipinski definition) is 1. The van der Waals surface area contributed by atoms with Crippen LogP contribution < -0.4 is 0 Å². The van der Waals surface area contributed by atoms with Gasteiger partial charge in [-0.2, -0.15) is 5.26 Å². The lowest BCUT2D eigenvalue weighted by molar-refractivity contribution is 0.0185. The van der Waals surface area contributed by atoms with E-state index in [-0.39, 0.29) is 0 Å². The quantitative estimate of drug-likeness (QED) is 0.869. The molecule has 1 N–H and O–H groups in total. The lowest BCUT2D eigenvalue weighted by Crippen LogP contribution is -2.33. The highest BCUT2D eigenvalue weighted by molar-refractivity contribution is 5.32. The Kier molecular flexibility index (Phi) is 4.04. The molecule has 1 aromatic carbocycles. The Morgan fingerprint density at radius 1 is 1.38 bits per heavy atom. The molecule has 2 aliphatic carbocycles. The van der Waals surface area contributed by atoms with Crippen LogP contribution in [0.3, 0.4) is 0 Å². The van der Waals surface area contributed by atoms with Crippen molar-refractivity contribution in [1.29, 1.82) is 5.26 Å². The zero-order valence-corrected chi connectivity index (χ0v) is 12.9. The number of aliphatic hydroxyl groups excluding tert-OH is 1. The van der Waals surface area contributed by atoms with Gasteiger partial charge < -0.3 is 5.11 Å². The maximum absolute atomic E-state index is 10.9. The molecule has 0 radical (unpaired) electrons. The minimum absolute atomic E-state index is 0.582. The lowest BCUT2D eigenvalue weighted by Gasteiger charge is -2.39. The smallest absolute Gasteiger partial charge is 0.0976 e. The van der Waals surface area contributed by atoms with E-state index in [0.717, 1.165) is 31.2 Å². The molecule has 2 saturated carbocycles. The van der Waals surface area contributed by atoms with Gasteiger partial charge in [-0.25, -0.2) is 0 Å². The van der Waals surface area contributed by atoms with Crippen LogP contribution in [0.2, 0.25) is 0 Å². The zero-order chi connectivity index (χ0) is 14.9. The third-order valence-electron chi connectivity index (χ3n) is 5.49. The minimum atomic E-state index is -0.643. The Balaban J connectivity index is 1.86. The standard InChI is InChI=1S/C19H25NO/c1-2-14-5-4-10-19(12-14,13-20)18(21)17-7-3-6-16(11-17)15-8-9-15/h3,6-7,11,14-15,18,21H,2,4-5,8-10,12H2,1H3. The van der Waals surface area contributed by atoms with E-state index in [4.69, 9.17) is 0 Å². The summed E-state index contributed by atoms with van der Waals surface area (Å²) in [5, 5.41) is 20.7. The fourth-order valence-electron chi connectivity index (χ4n) is 3.90. The van der Waals surface area contributed by atoms with Gasteiger partial charge in [0.15, 0.2) is 0 Å². The minimum Gasteiger partial charge on any atom is -0.387 e. The summed E-state index contributed by atoms with van der Waals surface area (Å²) in [6.45, 7) is 2.19. The molecule has 0 amide bonds. The van der Waals surface area contributed by atoms with E-state index in [9.17, 15) is 10.4 Å². The van der Waals surface area contributed by atoms with E-state index in [1.807, 2.05) is 12.1 Å². The first kappa shape index (κ1) is 14.6. The van der Waals surface area contributed by atoms with Crippen LogP contribution in [0, 0.1) is 22.7 Å². The Morgan fingerprint density at radius 3 is 2.86 bits per heavy atom. The number of rotatable bonds is 4. The molecular weight excluding hydrogens is 258 g/mol. The van der Waals surface area contributed by atoms with Crippen LogP contribution in [0.4, 0.5) is 0 Å². The van der Waals surface area contributed by atoms with Crippen LogP contribution in [0.1, 0.15) is 75.0 Å². The van der Waals surface area contributed by atoms with Crippen molar-refractivity contribution in [1.82, 2.24) is 0 Å². The van der Waals surface area contributed by atoms with Crippen LogP contribution in [0.15, 0.2) is 24.3 Å². The second-order valence-corrected chi connectivity index (χ2v) is 6.99. The number of nitrogens with zero attached hydrogens (tertiary/aromatic N) is 1. The first-order valence-electron chi connectivity index (χ1n) is 8.37. The summed E-state index contributed by atoms with van der Waals surface area (Å²) in [7, 11) is 0. The van der Waals surface area contributed by atoms with Crippen molar-refractivity contribution in [2.45, 2.75) is 63.9 Å². The number of benzene rings is 1. The Morgan fingerprint density at radius 2 is 2.19 bits per heavy atom. The monoisotopic (exact) mass is 283 g/mol. The molecule has 0 heterocycles. The largest absolute Gasteiger partial charge is 0.387 e. The van der Waals surface area contributed by atoms with Crippen LogP contribution in [-0.2, 0) is 0 Å². The van der Waals surface area contributed by atoms with Crippen LogP contribution in [0.5, 0.6) is 0 Å². The van der Waals surface area contributed by atoms with Crippen molar-refractivity contribution in [3.63, 3.8) is 0 Å². The normalized spacial score (nSPS) is 30.6. The third-order valence-corrected chi connectivity index (χ3v) is 5.49. The summed E-state index contributed by atoms with van der Waals surface area (Å²) in [5.41, 5.74) is 1.70. The molecule has 3 rings (SSSR count). The van der Waals surface area contributed by atoms with Gasteiger partial charge in [0.1, 0.15) is 0 Å². The fourth-order valence-corrected chi connectivity index (χ4v) is 3.90. The molecule has 2 nitrogen and oxygen atoms in total. The molecule has 2 aliphatic rings. The second-order valence-electron chi connectivity index (χ2n) is 6.99. The van der Waals surface area contributed by atoms with Gasteiger partial charge >= 0.3 is 0 Å². The van der Waals surface area contributed by atoms with Gasteiger partial charge in [0.25, 0.3) is 0 Å². The van der Waals surface area contributed by atoms with Crippen molar-refractivity contribution in [3.05, 3.63) is 35.4 Å². The predicted molar refractivity (Wildman–Crippen MR) is 83.7 cm³/mol. The molecule has 1 aromatic rings. The molecule has 0 bridgehead atoms. The van der Waals surface area contributed by atoms with Gasteiger partial charge in [0.05, 0.1) is 17.6 Å². The molecule has 3 atom stereocenters. The van der Waals surface area contributed by atoms with Crippen LogP contribution >= 0.6 is 0 Å². The van der Waals surface area contributed by atoms with Gasteiger partial charge in [-0.1, -0.05) is 50.5 Å². The highest BCUT2D eigenvalue weighted by Gasteiger charge is 2.43. The first-order chi connectivity index (χ1) is 10.2. The summed E-state index contributed by atoms with van der Waals surface area (Å²) >= 11 is 0. The van der Waals surface area contributed by atoms with Gasteiger partial charge in [-0.15, -0.1) is 0 Å². The fraction of sp³-hybridized carbons (Fsp3) is 0.632. The molecule has 0 aromatic heterocycles. The van der Waals surface area contributed by atoms with Crippen molar-refractivity contribution >= 4 is 0 Å². The number of aliphatic hydroxyl groups is 1. The molecule has 21 heavy (non-hydrogen) atoms. The topological polar surface area (TPSA) is 44.0 Å². The summed E-state index contributed by atoms with van der Waals surface area (Å²) in [5.74, 6) is 1.27. The Bertz CT molecular complexity index is 543. The Hall–Kier alpha value is -1.33. The highest BCUT2D eigenvalue weighted by atomic mass is 16.3. The van der Waals surface area contributed by atoms with E-state index in [2.05, 4.69) is 25.1 Å². The molecule has 2 fully saturated rings. The summed E-state index contributed by atoms with van der Waals surface area (Å²) in [6.07, 6.45) is 6.93.